The van der Waals surface area contributed by atoms with Gasteiger partial charge in [0, 0.05) is 11.3 Å². The minimum atomic E-state index is -0.869. The van der Waals surface area contributed by atoms with Crippen LogP contribution in [0.25, 0.3) is 0 Å². The van der Waals surface area contributed by atoms with E-state index in [0.29, 0.717) is 11.3 Å². The normalized spacial score (nSPS) is 11.5. The highest BCUT2D eigenvalue weighted by molar-refractivity contribution is 5.94. The van der Waals surface area contributed by atoms with Crippen LogP contribution in [-0.4, -0.2) is 32.8 Å². The van der Waals surface area contributed by atoms with E-state index in [1.165, 1.54) is 6.92 Å². The molecule has 0 fully saturated rings. The fourth-order valence-electron chi connectivity index (χ4n) is 2.67. The number of ketones is 1. The minimum absolute atomic E-state index is 0.00647. The van der Waals surface area contributed by atoms with Crippen LogP contribution in [0.15, 0.2) is 48.5 Å². The molecule has 1 atom stereocenters. The molecule has 0 unspecified atom stereocenters. The van der Waals surface area contributed by atoms with Crippen molar-refractivity contribution in [3.8, 4) is 5.75 Å². The van der Waals surface area contributed by atoms with E-state index in [0.717, 1.165) is 11.3 Å². The zero-order valence-corrected chi connectivity index (χ0v) is 17.5. The van der Waals surface area contributed by atoms with Crippen LogP contribution in [0.3, 0.4) is 0 Å². The van der Waals surface area contributed by atoms with Gasteiger partial charge < -0.3 is 20.5 Å². The van der Waals surface area contributed by atoms with Crippen molar-refractivity contribution in [2.45, 2.75) is 33.5 Å². The molecule has 1 heterocycles. The summed E-state index contributed by atoms with van der Waals surface area (Å²) in [6, 6.07) is 14.2. The summed E-state index contributed by atoms with van der Waals surface area (Å²) in [5.74, 6) is 0.267. The van der Waals surface area contributed by atoms with Gasteiger partial charge in [-0.05, 0) is 56.7 Å². The van der Waals surface area contributed by atoms with E-state index in [4.69, 9.17) is 15.2 Å². The van der Waals surface area contributed by atoms with E-state index in [9.17, 15) is 9.59 Å². The minimum Gasteiger partial charge on any atom is -0.479 e. The highest BCUT2D eigenvalue weighted by atomic mass is 16.6. The van der Waals surface area contributed by atoms with Crippen LogP contribution in [0.5, 0.6) is 5.75 Å². The Bertz CT molecular complexity index is 1090. The number of ether oxygens (including phenoxy) is 2. The smallest absolute Gasteiger partial charge is 0.347 e. The van der Waals surface area contributed by atoms with E-state index in [-0.39, 0.29) is 30.1 Å². The number of benzene rings is 2. The highest BCUT2D eigenvalue weighted by Gasteiger charge is 2.18. The maximum atomic E-state index is 12.3. The molecule has 0 bridgehead atoms. The van der Waals surface area contributed by atoms with Crippen molar-refractivity contribution >= 4 is 29.3 Å². The summed E-state index contributed by atoms with van der Waals surface area (Å²) in [5, 5.41) is 3.08. The summed E-state index contributed by atoms with van der Waals surface area (Å²) in [7, 11) is 0. The first-order valence-corrected chi connectivity index (χ1v) is 9.59. The summed E-state index contributed by atoms with van der Waals surface area (Å²) < 4.78 is 10.8. The Morgan fingerprint density at radius 1 is 1.06 bits per heavy atom. The van der Waals surface area contributed by atoms with E-state index < -0.39 is 12.1 Å². The number of nitrogen functional groups attached to an aromatic ring is 1. The number of hydrogen-bond acceptors (Lipinski definition) is 9. The predicted molar refractivity (Wildman–Crippen MR) is 115 cm³/mol. The first kappa shape index (κ1) is 21.7. The Kier molecular flexibility index (Phi) is 6.76. The van der Waals surface area contributed by atoms with Crippen molar-refractivity contribution in [1.29, 1.82) is 0 Å². The molecule has 0 aliphatic rings. The van der Waals surface area contributed by atoms with E-state index in [2.05, 4.69) is 20.3 Å². The third kappa shape index (κ3) is 5.99. The number of para-hydroxylation sites is 1. The van der Waals surface area contributed by atoms with Crippen LogP contribution in [0, 0.1) is 6.92 Å². The Balaban J connectivity index is 1.59. The first-order chi connectivity index (χ1) is 14.8. The van der Waals surface area contributed by atoms with E-state index in [1.54, 1.807) is 31.2 Å². The van der Waals surface area contributed by atoms with Gasteiger partial charge in [0.25, 0.3) is 0 Å². The van der Waals surface area contributed by atoms with Crippen LogP contribution in [-0.2, 0) is 16.1 Å². The van der Waals surface area contributed by atoms with Crippen LogP contribution in [0.1, 0.15) is 35.6 Å². The number of anilines is 3. The molecule has 2 aromatic carbocycles. The standard InChI is InChI=1S/C22H23N5O4/c1-13-6-4-5-7-18(13)24-22-26-19(25-21(23)27-22)12-30-20(29)15(3)31-17-10-8-16(9-11-17)14(2)28/h4-11,15H,12H2,1-3H3,(H3,23,24,25,26,27)/t15-/m0/s1. The van der Waals surface area contributed by atoms with Gasteiger partial charge in [-0.2, -0.15) is 15.0 Å². The monoisotopic (exact) mass is 421 g/mol. The highest BCUT2D eigenvalue weighted by Crippen LogP contribution is 2.18. The third-order valence-electron chi connectivity index (χ3n) is 4.34. The molecule has 0 aliphatic carbocycles. The molecule has 3 N–H and O–H groups in total. The number of carbonyl (C=O) groups is 2. The van der Waals surface area contributed by atoms with Crippen molar-refractivity contribution in [1.82, 2.24) is 15.0 Å². The van der Waals surface area contributed by atoms with Crippen molar-refractivity contribution in [3.05, 3.63) is 65.5 Å². The molecule has 0 amide bonds. The Morgan fingerprint density at radius 2 is 1.77 bits per heavy atom. The molecule has 0 spiro atoms. The van der Waals surface area contributed by atoms with Crippen LogP contribution in [0.4, 0.5) is 17.6 Å². The second-order valence-electron chi connectivity index (χ2n) is 6.82. The molecule has 1 aromatic heterocycles. The number of nitrogens with zero attached hydrogens (tertiary/aromatic N) is 3. The first-order valence-electron chi connectivity index (χ1n) is 9.59. The van der Waals surface area contributed by atoms with Crippen molar-refractivity contribution in [2.24, 2.45) is 0 Å². The number of esters is 1. The number of hydrogen-bond donors (Lipinski definition) is 2. The number of aryl methyl sites for hydroxylation is 1. The number of Topliss-reactive ketones (excluding diaryl/α,β-unsaturated/α-hetero) is 1. The molecule has 9 heteroatoms. The molecule has 31 heavy (non-hydrogen) atoms. The Labute approximate surface area is 179 Å². The number of nitrogens with two attached hydrogens (primary N) is 1. The topological polar surface area (TPSA) is 129 Å². The molecule has 0 radical (unpaired) electrons. The fraction of sp³-hybridized carbons (Fsp3) is 0.227. The lowest BCUT2D eigenvalue weighted by atomic mass is 10.1. The van der Waals surface area contributed by atoms with Gasteiger partial charge in [-0.3, -0.25) is 4.79 Å². The molecule has 9 nitrogen and oxygen atoms in total. The van der Waals surface area contributed by atoms with Crippen LogP contribution >= 0.6 is 0 Å². The van der Waals surface area contributed by atoms with Gasteiger partial charge in [0.2, 0.25) is 11.9 Å². The van der Waals surface area contributed by atoms with Gasteiger partial charge in [0.1, 0.15) is 5.75 Å². The average molecular weight is 421 g/mol. The van der Waals surface area contributed by atoms with Gasteiger partial charge in [0.05, 0.1) is 0 Å². The molecule has 0 aliphatic heterocycles. The Morgan fingerprint density at radius 3 is 2.45 bits per heavy atom. The second kappa shape index (κ2) is 9.66. The summed E-state index contributed by atoms with van der Waals surface area (Å²) in [4.78, 5) is 35.9. The fourth-order valence-corrected chi connectivity index (χ4v) is 2.67. The molecule has 0 saturated heterocycles. The molecule has 3 aromatic rings. The maximum Gasteiger partial charge on any atom is 0.347 e. The molecular formula is C22H23N5O4. The summed E-state index contributed by atoms with van der Waals surface area (Å²) >= 11 is 0. The lowest BCUT2D eigenvalue weighted by molar-refractivity contribution is -0.152. The SMILES string of the molecule is CC(=O)c1ccc(O[C@@H](C)C(=O)OCc2nc(N)nc(Nc3ccccc3C)n2)cc1. The lowest BCUT2D eigenvalue weighted by Gasteiger charge is -2.14. The average Bonchev–Trinajstić information content (AvgIpc) is 2.73. The number of rotatable bonds is 8. The summed E-state index contributed by atoms with van der Waals surface area (Å²) in [6.45, 7) is 4.80. The zero-order chi connectivity index (χ0) is 22.4. The van der Waals surface area contributed by atoms with Gasteiger partial charge in [-0.25, -0.2) is 4.79 Å². The quantitative estimate of drug-likeness (QED) is 0.416. The van der Waals surface area contributed by atoms with Gasteiger partial charge >= 0.3 is 5.97 Å². The van der Waals surface area contributed by atoms with E-state index in [1.807, 2.05) is 31.2 Å². The van der Waals surface area contributed by atoms with E-state index >= 15 is 0 Å². The lowest BCUT2D eigenvalue weighted by Crippen LogP contribution is -2.26. The van der Waals surface area contributed by atoms with Gasteiger partial charge in [-0.15, -0.1) is 0 Å². The van der Waals surface area contributed by atoms with Crippen LogP contribution < -0.4 is 15.8 Å². The largest absolute Gasteiger partial charge is 0.479 e. The second-order valence-corrected chi connectivity index (χ2v) is 6.82. The summed E-state index contributed by atoms with van der Waals surface area (Å²) in [6.07, 6.45) is -0.869. The predicted octanol–water partition coefficient (Wildman–Crippen LogP) is 3.22. The van der Waals surface area contributed by atoms with Crippen LogP contribution in [0.2, 0.25) is 0 Å². The maximum absolute atomic E-state index is 12.3. The molecular weight excluding hydrogens is 398 g/mol. The van der Waals surface area contributed by atoms with Crippen molar-refractivity contribution in [3.63, 3.8) is 0 Å². The van der Waals surface area contributed by atoms with Crippen molar-refractivity contribution < 1.29 is 19.1 Å². The Hall–Kier alpha value is -4.01. The number of carbonyl (C=O) groups excluding carboxylic acids is 2. The molecule has 160 valence electrons. The zero-order valence-electron chi connectivity index (χ0n) is 17.5. The third-order valence-corrected chi connectivity index (χ3v) is 4.34. The van der Waals surface area contributed by atoms with Gasteiger partial charge in [0.15, 0.2) is 24.3 Å². The molecule has 0 saturated carbocycles. The number of aromatic nitrogens is 3. The summed E-state index contributed by atoms with van der Waals surface area (Å²) in [5.41, 5.74) is 8.16. The number of nitrogens with one attached hydrogen (secondary N) is 1. The van der Waals surface area contributed by atoms with Crippen molar-refractivity contribution in [2.75, 3.05) is 11.1 Å². The van der Waals surface area contributed by atoms with Gasteiger partial charge in [-0.1, -0.05) is 18.2 Å². The molecule has 3 rings (SSSR count).